The van der Waals surface area contributed by atoms with Gasteiger partial charge < -0.3 is 11.1 Å². The van der Waals surface area contributed by atoms with E-state index in [0.717, 1.165) is 12.0 Å². The van der Waals surface area contributed by atoms with Crippen molar-refractivity contribution in [1.29, 1.82) is 0 Å². The first-order valence-corrected chi connectivity index (χ1v) is 5.63. The van der Waals surface area contributed by atoms with E-state index in [4.69, 9.17) is 5.73 Å². The number of nitrogens with one attached hydrogen (secondary N) is 1. The van der Waals surface area contributed by atoms with Crippen LogP contribution in [0.15, 0.2) is 41.9 Å². The molecule has 0 bridgehead atoms. The zero-order chi connectivity index (χ0) is 12.3. The first kappa shape index (κ1) is 11.6. The fourth-order valence-electron chi connectivity index (χ4n) is 1.86. The molecular formula is C13H16FN3. The summed E-state index contributed by atoms with van der Waals surface area (Å²) in [5, 5.41) is 3.11. The maximum Gasteiger partial charge on any atom is 0.189 e. The predicted octanol–water partition coefficient (Wildman–Crippen LogP) is 1.77. The van der Waals surface area contributed by atoms with E-state index in [-0.39, 0.29) is 11.9 Å². The molecule has 3 N–H and O–H groups in total. The van der Waals surface area contributed by atoms with Gasteiger partial charge in [0.15, 0.2) is 5.96 Å². The molecule has 0 heterocycles. The Morgan fingerprint density at radius 3 is 3.18 bits per heavy atom. The second-order valence-electron chi connectivity index (χ2n) is 4.16. The molecule has 0 aromatic heterocycles. The fourth-order valence-corrected chi connectivity index (χ4v) is 1.86. The number of benzene rings is 1. The largest absolute Gasteiger partial charge is 0.370 e. The summed E-state index contributed by atoms with van der Waals surface area (Å²) in [5.41, 5.74) is 6.70. The summed E-state index contributed by atoms with van der Waals surface area (Å²) in [6.45, 7) is 4.08. The Kier molecular flexibility index (Phi) is 3.42. The lowest BCUT2D eigenvalue weighted by atomic mass is 10.1. The van der Waals surface area contributed by atoms with Crippen LogP contribution in [0.25, 0.3) is 0 Å². The van der Waals surface area contributed by atoms with Crippen molar-refractivity contribution in [2.45, 2.75) is 18.4 Å². The number of hydrogen-bond acceptors (Lipinski definition) is 1. The lowest BCUT2D eigenvalue weighted by Crippen LogP contribution is -2.34. The lowest BCUT2D eigenvalue weighted by Gasteiger charge is -2.04. The summed E-state index contributed by atoms with van der Waals surface area (Å²) in [4.78, 5) is 4.06. The maximum atomic E-state index is 13.0. The molecule has 4 heteroatoms. The SMILES string of the molecule is C=CCN=C(N)NC1CC1c1cccc(F)c1. The van der Waals surface area contributed by atoms with Gasteiger partial charge in [-0.05, 0) is 24.1 Å². The van der Waals surface area contributed by atoms with Crippen LogP contribution in [-0.2, 0) is 0 Å². The van der Waals surface area contributed by atoms with E-state index in [1.54, 1.807) is 18.2 Å². The molecular weight excluding hydrogens is 217 g/mol. The molecule has 0 saturated heterocycles. The number of rotatable bonds is 4. The van der Waals surface area contributed by atoms with Gasteiger partial charge in [-0.15, -0.1) is 6.58 Å². The molecule has 0 radical (unpaired) electrons. The van der Waals surface area contributed by atoms with Crippen LogP contribution in [0.1, 0.15) is 17.9 Å². The first-order valence-electron chi connectivity index (χ1n) is 5.63. The molecule has 17 heavy (non-hydrogen) atoms. The van der Waals surface area contributed by atoms with E-state index in [2.05, 4.69) is 16.9 Å². The summed E-state index contributed by atoms with van der Waals surface area (Å²) < 4.78 is 13.0. The molecule has 1 aromatic carbocycles. The van der Waals surface area contributed by atoms with Gasteiger partial charge in [-0.2, -0.15) is 0 Å². The second-order valence-corrected chi connectivity index (χ2v) is 4.16. The third-order valence-corrected chi connectivity index (χ3v) is 2.79. The Balaban J connectivity index is 1.90. The highest BCUT2D eigenvalue weighted by atomic mass is 19.1. The van der Waals surface area contributed by atoms with Gasteiger partial charge in [0.2, 0.25) is 0 Å². The number of nitrogens with two attached hydrogens (primary N) is 1. The van der Waals surface area contributed by atoms with Gasteiger partial charge in [0.25, 0.3) is 0 Å². The number of guanidine groups is 1. The molecule has 1 aliphatic rings. The van der Waals surface area contributed by atoms with Gasteiger partial charge in [0, 0.05) is 12.0 Å². The van der Waals surface area contributed by atoms with Crippen molar-refractivity contribution < 1.29 is 4.39 Å². The van der Waals surface area contributed by atoms with Crippen LogP contribution in [0.2, 0.25) is 0 Å². The van der Waals surface area contributed by atoms with Crippen molar-refractivity contribution in [2.75, 3.05) is 6.54 Å². The smallest absolute Gasteiger partial charge is 0.189 e. The van der Waals surface area contributed by atoms with Crippen LogP contribution >= 0.6 is 0 Å². The monoisotopic (exact) mass is 233 g/mol. The third-order valence-electron chi connectivity index (χ3n) is 2.79. The molecule has 90 valence electrons. The average Bonchev–Trinajstić information content (AvgIpc) is 3.05. The molecule has 1 aliphatic carbocycles. The normalized spacial score (nSPS) is 23.2. The Morgan fingerprint density at radius 2 is 2.47 bits per heavy atom. The molecule has 0 amide bonds. The molecule has 2 atom stereocenters. The van der Waals surface area contributed by atoms with Crippen molar-refractivity contribution >= 4 is 5.96 Å². The predicted molar refractivity (Wildman–Crippen MR) is 67.4 cm³/mol. The minimum absolute atomic E-state index is 0.193. The highest BCUT2D eigenvalue weighted by molar-refractivity contribution is 5.78. The molecule has 2 unspecified atom stereocenters. The Hall–Kier alpha value is -1.84. The molecule has 1 saturated carbocycles. The van der Waals surface area contributed by atoms with Crippen molar-refractivity contribution in [1.82, 2.24) is 5.32 Å². The van der Waals surface area contributed by atoms with Crippen LogP contribution < -0.4 is 11.1 Å². The number of halogens is 1. The maximum absolute atomic E-state index is 13.0. The second kappa shape index (κ2) is 4.99. The summed E-state index contributed by atoms with van der Waals surface area (Å²) in [6.07, 6.45) is 2.65. The van der Waals surface area contributed by atoms with Gasteiger partial charge in [-0.25, -0.2) is 9.38 Å². The van der Waals surface area contributed by atoms with Crippen LogP contribution in [0.3, 0.4) is 0 Å². The van der Waals surface area contributed by atoms with E-state index in [1.165, 1.54) is 6.07 Å². The topological polar surface area (TPSA) is 50.4 Å². The number of nitrogens with zero attached hydrogens (tertiary/aromatic N) is 1. The van der Waals surface area contributed by atoms with E-state index >= 15 is 0 Å². The van der Waals surface area contributed by atoms with Gasteiger partial charge >= 0.3 is 0 Å². The highest BCUT2D eigenvalue weighted by Crippen LogP contribution is 2.40. The van der Waals surface area contributed by atoms with Crippen molar-refractivity contribution in [3.05, 3.63) is 48.3 Å². The Morgan fingerprint density at radius 1 is 1.65 bits per heavy atom. The van der Waals surface area contributed by atoms with Crippen LogP contribution in [0, 0.1) is 5.82 Å². The van der Waals surface area contributed by atoms with Crippen molar-refractivity contribution in [2.24, 2.45) is 10.7 Å². The lowest BCUT2D eigenvalue weighted by molar-refractivity contribution is 0.625. The fraction of sp³-hybridized carbons (Fsp3) is 0.308. The summed E-state index contributed by atoms with van der Waals surface area (Å²) in [7, 11) is 0. The summed E-state index contributed by atoms with van der Waals surface area (Å²) in [6, 6.07) is 6.96. The molecule has 1 fully saturated rings. The first-order chi connectivity index (χ1) is 8.20. The van der Waals surface area contributed by atoms with Crippen molar-refractivity contribution in [3.63, 3.8) is 0 Å². The minimum atomic E-state index is -0.193. The van der Waals surface area contributed by atoms with Crippen LogP contribution in [0.4, 0.5) is 4.39 Å². The van der Waals surface area contributed by atoms with Crippen LogP contribution in [-0.4, -0.2) is 18.5 Å². The summed E-state index contributed by atoms with van der Waals surface area (Å²) >= 11 is 0. The Bertz CT molecular complexity index is 442. The molecule has 2 rings (SSSR count). The average molecular weight is 233 g/mol. The molecule has 3 nitrogen and oxygen atoms in total. The van der Waals surface area contributed by atoms with Gasteiger partial charge in [-0.1, -0.05) is 18.2 Å². The third kappa shape index (κ3) is 3.06. The zero-order valence-corrected chi connectivity index (χ0v) is 9.57. The van der Waals surface area contributed by atoms with E-state index in [9.17, 15) is 4.39 Å². The van der Waals surface area contributed by atoms with Gasteiger partial charge in [0.05, 0.1) is 6.54 Å². The zero-order valence-electron chi connectivity index (χ0n) is 9.57. The minimum Gasteiger partial charge on any atom is -0.370 e. The van der Waals surface area contributed by atoms with Crippen molar-refractivity contribution in [3.8, 4) is 0 Å². The van der Waals surface area contributed by atoms with E-state index < -0.39 is 0 Å². The molecule has 0 spiro atoms. The number of hydrogen-bond donors (Lipinski definition) is 2. The molecule has 1 aromatic rings. The highest BCUT2D eigenvalue weighted by Gasteiger charge is 2.38. The van der Waals surface area contributed by atoms with Gasteiger partial charge in [0.1, 0.15) is 5.82 Å². The quantitative estimate of drug-likeness (QED) is 0.473. The molecule has 0 aliphatic heterocycles. The van der Waals surface area contributed by atoms with E-state index in [1.807, 2.05) is 6.07 Å². The number of aliphatic imine (C=N–C) groups is 1. The Labute approximate surface area is 100 Å². The summed E-state index contributed by atoms with van der Waals surface area (Å²) in [5.74, 6) is 0.568. The standard InChI is InChI=1S/C13H16FN3/c1-2-6-16-13(15)17-12-8-11(12)9-4-3-5-10(14)7-9/h2-5,7,11-12H,1,6,8H2,(H3,15,16,17). The van der Waals surface area contributed by atoms with Crippen LogP contribution in [0.5, 0.6) is 0 Å². The van der Waals surface area contributed by atoms with Gasteiger partial charge in [-0.3, -0.25) is 0 Å². The van der Waals surface area contributed by atoms with E-state index in [0.29, 0.717) is 18.4 Å².